The highest BCUT2D eigenvalue weighted by Gasteiger charge is 2.12. The number of aromatic amines is 1. The molecule has 0 aliphatic rings. The summed E-state index contributed by atoms with van der Waals surface area (Å²) in [5.41, 5.74) is -0.683. The lowest BCUT2D eigenvalue weighted by Crippen LogP contribution is -2.08. The van der Waals surface area contributed by atoms with E-state index in [1.807, 2.05) is 0 Å². The monoisotopic (exact) mass is 271 g/mol. The lowest BCUT2D eigenvalue weighted by atomic mass is 10.3. The van der Waals surface area contributed by atoms with E-state index in [1.165, 1.54) is 12.3 Å². The molecule has 0 atom stereocenters. The second-order valence-electron chi connectivity index (χ2n) is 1.87. The highest BCUT2D eigenvalue weighted by molar-refractivity contribution is 14.1. The summed E-state index contributed by atoms with van der Waals surface area (Å²) in [6, 6.07) is 1.22. The molecule has 0 unspecified atom stereocenters. The van der Waals surface area contributed by atoms with Gasteiger partial charge in [0, 0.05) is 12.3 Å². The lowest BCUT2D eigenvalue weighted by Gasteiger charge is -1.99. The van der Waals surface area contributed by atoms with Crippen LogP contribution in [0.25, 0.3) is 0 Å². The highest BCUT2D eigenvalue weighted by Crippen LogP contribution is 2.18. The Balaban J connectivity index is 3.28. The molecular weight excluding hydrogens is 267 g/mol. The average molecular weight is 271 g/mol. The Bertz CT molecular complexity index is 310. The minimum Gasteiger partial charge on any atom is -0.359 e. The number of aromatic nitrogens is 1. The van der Waals surface area contributed by atoms with Crippen molar-refractivity contribution in [3.05, 3.63) is 31.8 Å². The van der Waals surface area contributed by atoms with Gasteiger partial charge in [-0.3, -0.25) is 4.79 Å². The summed E-state index contributed by atoms with van der Waals surface area (Å²) in [4.78, 5) is 13.1. The van der Waals surface area contributed by atoms with Crippen molar-refractivity contribution in [2.75, 3.05) is 0 Å². The predicted molar refractivity (Wildman–Crippen MR) is 44.7 cm³/mol. The van der Waals surface area contributed by atoms with E-state index in [0.29, 0.717) is 0 Å². The van der Waals surface area contributed by atoms with Gasteiger partial charge in [0.2, 0.25) is 0 Å². The molecule has 1 heterocycles. The number of nitrogens with one attached hydrogen (secondary N) is 1. The van der Waals surface area contributed by atoms with Crippen molar-refractivity contribution < 1.29 is 8.78 Å². The Labute approximate surface area is 74.8 Å². The Morgan fingerprint density at radius 2 is 2.18 bits per heavy atom. The van der Waals surface area contributed by atoms with Gasteiger partial charge in [-0.1, -0.05) is 0 Å². The fourth-order valence-corrected chi connectivity index (χ4v) is 1.21. The molecule has 60 valence electrons. The molecule has 0 amide bonds. The van der Waals surface area contributed by atoms with Gasteiger partial charge in [-0.25, -0.2) is 8.78 Å². The summed E-state index contributed by atoms with van der Waals surface area (Å²) >= 11 is 1.60. The van der Waals surface area contributed by atoms with Crippen molar-refractivity contribution in [3.63, 3.8) is 0 Å². The highest BCUT2D eigenvalue weighted by atomic mass is 127. The van der Waals surface area contributed by atoms with Crippen LogP contribution in [-0.2, 0) is 0 Å². The summed E-state index contributed by atoms with van der Waals surface area (Å²) in [6.07, 6.45) is -1.40. The van der Waals surface area contributed by atoms with Crippen LogP contribution >= 0.6 is 22.6 Å². The molecule has 0 aliphatic carbocycles. The second kappa shape index (κ2) is 3.29. The predicted octanol–water partition coefficient (Wildman–Crippen LogP) is 1.92. The molecule has 0 aliphatic heterocycles. The van der Waals surface area contributed by atoms with Gasteiger partial charge in [-0.05, 0) is 22.6 Å². The van der Waals surface area contributed by atoms with Crippen LogP contribution in [0.5, 0.6) is 0 Å². The first-order valence-corrected chi connectivity index (χ1v) is 3.86. The molecule has 0 saturated carbocycles. The van der Waals surface area contributed by atoms with E-state index in [4.69, 9.17) is 0 Å². The van der Waals surface area contributed by atoms with E-state index in [0.717, 1.165) is 0 Å². The molecule has 5 heteroatoms. The zero-order chi connectivity index (χ0) is 8.43. The van der Waals surface area contributed by atoms with Crippen LogP contribution in [0.4, 0.5) is 8.78 Å². The molecule has 1 N–H and O–H groups in total. The normalized spacial score (nSPS) is 10.5. The van der Waals surface area contributed by atoms with E-state index in [2.05, 4.69) is 4.98 Å². The molecule has 0 spiro atoms. The summed E-state index contributed by atoms with van der Waals surface area (Å²) in [5, 5.41) is 0. The average Bonchev–Trinajstić information content (AvgIpc) is 1.94. The third-order valence-corrected chi connectivity index (χ3v) is 2.26. The van der Waals surface area contributed by atoms with Crippen LogP contribution < -0.4 is 5.43 Å². The molecule has 0 saturated heterocycles. The maximum absolute atomic E-state index is 12.0. The van der Waals surface area contributed by atoms with Crippen LogP contribution in [0.15, 0.2) is 17.1 Å². The van der Waals surface area contributed by atoms with E-state index in [1.54, 1.807) is 22.6 Å². The number of H-pyrrole nitrogens is 1. The first-order valence-electron chi connectivity index (χ1n) is 2.78. The van der Waals surface area contributed by atoms with Gasteiger partial charge in [0.1, 0.15) is 0 Å². The number of rotatable bonds is 1. The van der Waals surface area contributed by atoms with E-state index < -0.39 is 6.43 Å². The zero-order valence-electron chi connectivity index (χ0n) is 5.27. The summed E-state index contributed by atoms with van der Waals surface area (Å²) in [5.74, 6) is 0. The van der Waals surface area contributed by atoms with Crippen LogP contribution in [-0.4, -0.2) is 4.98 Å². The Morgan fingerprint density at radius 3 is 2.64 bits per heavy atom. The van der Waals surface area contributed by atoms with Gasteiger partial charge in [0.05, 0.1) is 9.26 Å². The van der Waals surface area contributed by atoms with Crippen molar-refractivity contribution in [2.24, 2.45) is 0 Å². The number of hydrogen-bond donors (Lipinski definition) is 1. The zero-order valence-corrected chi connectivity index (χ0v) is 7.43. The van der Waals surface area contributed by atoms with E-state index >= 15 is 0 Å². The van der Waals surface area contributed by atoms with Crippen LogP contribution in [0.1, 0.15) is 12.1 Å². The number of hydrogen-bond acceptors (Lipinski definition) is 1. The minimum atomic E-state index is -2.62. The van der Waals surface area contributed by atoms with Crippen molar-refractivity contribution in [1.82, 2.24) is 4.98 Å². The van der Waals surface area contributed by atoms with Crippen LogP contribution in [0.2, 0.25) is 0 Å². The molecule has 2 nitrogen and oxygen atoms in total. The second-order valence-corrected chi connectivity index (χ2v) is 2.95. The van der Waals surface area contributed by atoms with Crippen molar-refractivity contribution in [2.45, 2.75) is 6.43 Å². The smallest absolute Gasteiger partial charge is 0.279 e. The SMILES string of the molecule is O=c1cc[nH]c(C(F)F)c1I. The van der Waals surface area contributed by atoms with Gasteiger partial charge in [0.15, 0.2) is 5.43 Å². The Morgan fingerprint density at radius 1 is 1.55 bits per heavy atom. The molecule has 0 radical (unpaired) electrons. The Kier molecular flexibility index (Phi) is 2.58. The van der Waals surface area contributed by atoms with Gasteiger partial charge in [-0.2, -0.15) is 0 Å². The van der Waals surface area contributed by atoms with Crippen LogP contribution in [0.3, 0.4) is 0 Å². The molecule has 1 aromatic rings. The largest absolute Gasteiger partial charge is 0.359 e. The third-order valence-electron chi connectivity index (χ3n) is 1.14. The topological polar surface area (TPSA) is 32.9 Å². The Hall–Kier alpha value is -0.460. The minimum absolute atomic E-state index is 0.0556. The summed E-state index contributed by atoms with van der Waals surface area (Å²) in [6.45, 7) is 0. The van der Waals surface area contributed by atoms with Crippen molar-refractivity contribution >= 4 is 22.6 Å². The summed E-state index contributed by atoms with van der Waals surface area (Å²) in [7, 11) is 0. The number of pyridine rings is 1. The van der Waals surface area contributed by atoms with Crippen molar-refractivity contribution in [1.29, 1.82) is 0 Å². The van der Waals surface area contributed by atoms with Gasteiger partial charge in [-0.15, -0.1) is 0 Å². The molecule has 11 heavy (non-hydrogen) atoms. The first-order chi connectivity index (χ1) is 5.13. The van der Waals surface area contributed by atoms with Crippen molar-refractivity contribution in [3.8, 4) is 0 Å². The number of alkyl halides is 2. The molecule has 1 rings (SSSR count). The van der Waals surface area contributed by atoms with Gasteiger partial charge >= 0.3 is 0 Å². The lowest BCUT2D eigenvalue weighted by molar-refractivity contribution is 0.145. The molecular formula is C6H4F2INO. The van der Waals surface area contributed by atoms with Gasteiger partial charge < -0.3 is 4.98 Å². The van der Waals surface area contributed by atoms with E-state index in [9.17, 15) is 13.6 Å². The fraction of sp³-hybridized carbons (Fsp3) is 0.167. The molecule has 0 bridgehead atoms. The quantitative estimate of drug-likeness (QED) is 0.777. The number of halogens is 3. The maximum atomic E-state index is 12.0. The van der Waals surface area contributed by atoms with Gasteiger partial charge in [0.25, 0.3) is 6.43 Å². The molecule has 0 aromatic carbocycles. The fourth-order valence-electron chi connectivity index (χ4n) is 0.635. The van der Waals surface area contributed by atoms with Crippen LogP contribution in [0, 0.1) is 3.57 Å². The molecule has 1 aromatic heterocycles. The summed E-state index contributed by atoms with van der Waals surface area (Å²) < 4.78 is 24.1. The molecule has 0 fully saturated rings. The third kappa shape index (κ3) is 1.76. The van der Waals surface area contributed by atoms with E-state index in [-0.39, 0.29) is 14.7 Å². The maximum Gasteiger partial charge on any atom is 0.279 e. The first kappa shape index (κ1) is 8.63. The standard InChI is InChI=1S/C6H4F2INO/c7-6(8)5-4(9)3(11)1-2-10-5/h1-2,6H,(H,10,11).